The Labute approximate surface area is 201 Å². The Kier molecular flexibility index (Phi) is 5.64. The van der Waals surface area contributed by atoms with Gasteiger partial charge in [-0.1, -0.05) is 43.0 Å². The average molecular weight is 453 g/mol. The Hall–Kier alpha value is -3.60. The van der Waals surface area contributed by atoms with E-state index in [1.807, 2.05) is 19.0 Å². The maximum Gasteiger partial charge on any atom is 0.222 e. The van der Waals surface area contributed by atoms with Crippen molar-refractivity contribution in [2.45, 2.75) is 38.6 Å². The fourth-order valence-corrected chi connectivity index (χ4v) is 5.11. The monoisotopic (exact) mass is 452 g/mol. The van der Waals surface area contributed by atoms with Gasteiger partial charge < -0.3 is 14.4 Å². The molecule has 5 heteroatoms. The van der Waals surface area contributed by atoms with Gasteiger partial charge >= 0.3 is 0 Å². The number of likely N-dealkylation sites (tertiary alicyclic amines) is 1. The zero-order valence-corrected chi connectivity index (χ0v) is 20.5. The molecule has 3 heterocycles. The Morgan fingerprint density at radius 1 is 1.12 bits per heavy atom. The molecule has 1 saturated heterocycles. The lowest BCUT2D eigenvalue weighted by Crippen LogP contribution is -2.34. The summed E-state index contributed by atoms with van der Waals surface area (Å²) in [7, 11) is 3.92. The maximum atomic E-state index is 12.4. The minimum atomic E-state index is 0.0978. The minimum absolute atomic E-state index is 0.0978. The van der Waals surface area contributed by atoms with E-state index in [9.17, 15) is 4.79 Å². The molecule has 0 saturated carbocycles. The summed E-state index contributed by atoms with van der Waals surface area (Å²) in [5.74, 6) is 1.42. The van der Waals surface area contributed by atoms with Crippen LogP contribution in [0.4, 0.5) is 0 Å². The third-order valence-electron chi connectivity index (χ3n) is 7.36. The first-order chi connectivity index (χ1) is 16.3. The number of rotatable bonds is 4. The first kappa shape index (κ1) is 22.2. The second-order valence-corrected chi connectivity index (χ2v) is 9.61. The molecule has 2 aliphatic rings. The number of benzene rings is 2. The van der Waals surface area contributed by atoms with Crippen LogP contribution in [0.25, 0.3) is 16.6 Å². The van der Waals surface area contributed by atoms with Gasteiger partial charge in [0.05, 0.1) is 17.1 Å². The second-order valence-electron chi connectivity index (χ2n) is 9.61. The Morgan fingerprint density at radius 3 is 2.59 bits per heavy atom. The Bertz CT molecular complexity index is 1330. The molecule has 0 spiro atoms. The number of imidazole rings is 1. The molecule has 2 aliphatic heterocycles. The molecule has 1 aromatic heterocycles. The summed E-state index contributed by atoms with van der Waals surface area (Å²) in [6.07, 6.45) is 5.84. The molecule has 1 unspecified atom stereocenters. The predicted molar refractivity (Wildman–Crippen MR) is 138 cm³/mol. The number of hydrogen-bond acceptors (Lipinski definition) is 3. The highest BCUT2D eigenvalue weighted by atomic mass is 16.2. The number of allylic oxidation sites excluding steroid dienone is 3. The number of hydrogen-bond donors (Lipinski definition) is 0. The molecule has 1 fully saturated rings. The van der Waals surface area contributed by atoms with Crippen LogP contribution in [0.1, 0.15) is 55.6 Å². The van der Waals surface area contributed by atoms with Crippen LogP contribution in [0.3, 0.4) is 0 Å². The lowest BCUT2D eigenvalue weighted by Gasteiger charge is -2.29. The van der Waals surface area contributed by atoms with Crippen molar-refractivity contribution >= 4 is 22.5 Å². The van der Waals surface area contributed by atoms with E-state index in [2.05, 4.69) is 90.7 Å². The molecule has 5 nitrogen and oxygen atoms in total. The average Bonchev–Trinajstić information content (AvgIpc) is 3.22. The fourth-order valence-electron chi connectivity index (χ4n) is 5.11. The molecular weight excluding hydrogens is 420 g/mol. The quantitative estimate of drug-likeness (QED) is 0.508. The van der Waals surface area contributed by atoms with Gasteiger partial charge in [-0.2, -0.15) is 0 Å². The number of amides is 1. The third-order valence-corrected chi connectivity index (χ3v) is 7.36. The van der Waals surface area contributed by atoms with Gasteiger partial charge in [0.1, 0.15) is 5.82 Å². The van der Waals surface area contributed by atoms with Crippen LogP contribution in [0.15, 0.2) is 78.7 Å². The van der Waals surface area contributed by atoms with Crippen LogP contribution in [-0.4, -0.2) is 45.9 Å². The van der Waals surface area contributed by atoms with E-state index < -0.39 is 0 Å². The molecule has 0 N–H and O–H groups in total. The lowest BCUT2D eigenvalue weighted by molar-refractivity contribution is -0.132. The van der Waals surface area contributed by atoms with E-state index in [0.29, 0.717) is 6.42 Å². The van der Waals surface area contributed by atoms with Gasteiger partial charge in [-0.15, -0.1) is 0 Å². The maximum absolute atomic E-state index is 12.4. The van der Waals surface area contributed by atoms with Crippen molar-refractivity contribution in [3.05, 3.63) is 95.6 Å². The summed E-state index contributed by atoms with van der Waals surface area (Å²) in [6, 6.07) is 17.2. The molecule has 34 heavy (non-hydrogen) atoms. The van der Waals surface area contributed by atoms with Crippen LogP contribution >= 0.6 is 0 Å². The van der Waals surface area contributed by atoms with Gasteiger partial charge in [0.2, 0.25) is 5.91 Å². The second kappa shape index (κ2) is 8.64. The minimum Gasteiger partial charge on any atom is -0.351 e. The molecule has 0 radical (unpaired) electrons. The Morgan fingerprint density at radius 2 is 1.88 bits per heavy atom. The summed E-state index contributed by atoms with van der Waals surface area (Å²) in [5.41, 5.74) is 7.74. The zero-order chi connectivity index (χ0) is 24.0. The van der Waals surface area contributed by atoms with E-state index in [0.717, 1.165) is 46.7 Å². The van der Waals surface area contributed by atoms with Crippen molar-refractivity contribution in [2.24, 2.45) is 0 Å². The highest BCUT2D eigenvalue weighted by molar-refractivity contribution is 5.85. The van der Waals surface area contributed by atoms with Gasteiger partial charge in [-0.25, -0.2) is 4.98 Å². The first-order valence-corrected chi connectivity index (χ1v) is 12.0. The van der Waals surface area contributed by atoms with Crippen molar-refractivity contribution in [2.75, 3.05) is 20.6 Å². The number of likely N-dealkylation sites (N-methyl/N-ethyl adjacent to an activating group) is 1. The number of carbonyl (C=O) groups excluding carboxylic acids is 1. The van der Waals surface area contributed by atoms with Gasteiger partial charge in [-0.3, -0.25) is 4.79 Å². The van der Waals surface area contributed by atoms with Crippen molar-refractivity contribution in [1.29, 1.82) is 0 Å². The van der Waals surface area contributed by atoms with E-state index in [1.54, 1.807) is 0 Å². The molecule has 3 aromatic rings. The zero-order valence-electron chi connectivity index (χ0n) is 20.5. The number of fused-ring (bicyclic) bond motifs is 1. The molecule has 0 bridgehead atoms. The van der Waals surface area contributed by atoms with Crippen molar-refractivity contribution < 1.29 is 4.79 Å². The number of piperidine rings is 1. The summed E-state index contributed by atoms with van der Waals surface area (Å²) in [4.78, 5) is 21.4. The summed E-state index contributed by atoms with van der Waals surface area (Å²) < 4.78 is 2.35. The molecule has 2 aromatic carbocycles. The SMILES string of the molecule is C=C1C(C)=CC(c2nc3ccc(C4CCN(C)C(=O)C4)cc3n2[C@@H](C)c2ccccc2)=CN1C. The van der Waals surface area contributed by atoms with E-state index in [1.165, 1.54) is 11.1 Å². The van der Waals surface area contributed by atoms with Crippen molar-refractivity contribution in [3.63, 3.8) is 0 Å². The van der Waals surface area contributed by atoms with Gasteiger partial charge in [0, 0.05) is 44.5 Å². The molecule has 174 valence electrons. The fraction of sp³-hybridized carbons (Fsp3) is 0.310. The molecule has 2 atom stereocenters. The van der Waals surface area contributed by atoms with E-state index in [4.69, 9.17) is 4.98 Å². The molecule has 5 rings (SSSR count). The highest BCUT2D eigenvalue weighted by Gasteiger charge is 2.27. The Balaban J connectivity index is 1.67. The van der Waals surface area contributed by atoms with Crippen LogP contribution < -0.4 is 0 Å². The van der Waals surface area contributed by atoms with E-state index in [-0.39, 0.29) is 17.9 Å². The summed E-state index contributed by atoms with van der Waals surface area (Å²) in [6.45, 7) is 9.31. The van der Waals surface area contributed by atoms with E-state index >= 15 is 0 Å². The predicted octanol–water partition coefficient (Wildman–Crippen LogP) is 5.73. The number of carbonyl (C=O) groups is 1. The smallest absolute Gasteiger partial charge is 0.222 e. The van der Waals surface area contributed by atoms with Crippen LogP contribution in [-0.2, 0) is 4.79 Å². The molecule has 0 aliphatic carbocycles. The molecular formula is C29H32N4O. The van der Waals surface area contributed by atoms with Crippen LogP contribution in [0.2, 0.25) is 0 Å². The largest absolute Gasteiger partial charge is 0.351 e. The van der Waals surface area contributed by atoms with Gasteiger partial charge in [0.15, 0.2) is 0 Å². The number of nitrogens with zero attached hydrogens (tertiary/aromatic N) is 4. The normalized spacial score (nSPS) is 19.9. The van der Waals surface area contributed by atoms with Crippen molar-refractivity contribution in [1.82, 2.24) is 19.4 Å². The van der Waals surface area contributed by atoms with Gasteiger partial charge in [0.25, 0.3) is 0 Å². The van der Waals surface area contributed by atoms with Crippen molar-refractivity contribution in [3.8, 4) is 0 Å². The standard InChI is InChI=1S/C29H32N4O/c1-19-15-25(18-32(5)20(19)2)29-30-26-12-11-23(24-13-14-31(4)28(34)17-24)16-27(26)33(29)21(3)22-9-7-6-8-10-22/h6-12,15-16,18,21,24H,2,13-14,17H2,1,3-5H3/t21-,24?/m0/s1. The highest BCUT2D eigenvalue weighted by Crippen LogP contribution is 2.36. The third kappa shape index (κ3) is 3.85. The first-order valence-electron chi connectivity index (χ1n) is 12.0. The summed E-state index contributed by atoms with van der Waals surface area (Å²) in [5, 5.41) is 0. The van der Waals surface area contributed by atoms with Crippen LogP contribution in [0.5, 0.6) is 0 Å². The van der Waals surface area contributed by atoms with Gasteiger partial charge in [-0.05, 0) is 61.1 Å². The van der Waals surface area contributed by atoms with Crippen LogP contribution in [0, 0.1) is 0 Å². The lowest BCUT2D eigenvalue weighted by atomic mass is 9.89. The molecule has 1 amide bonds. The number of aromatic nitrogens is 2. The summed E-state index contributed by atoms with van der Waals surface area (Å²) >= 11 is 0. The topological polar surface area (TPSA) is 41.4 Å².